The van der Waals surface area contributed by atoms with Crippen molar-refractivity contribution in [2.45, 2.75) is 26.7 Å². The van der Waals surface area contributed by atoms with Crippen molar-refractivity contribution >= 4 is 10.9 Å². The molecule has 0 amide bonds. The summed E-state index contributed by atoms with van der Waals surface area (Å²) in [6, 6.07) is 6.19. The van der Waals surface area contributed by atoms with Crippen LogP contribution >= 0.6 is 0 Å². The Bertz CT molecular complexity index is 517. The Morgan fingerprint density at radius 3 is 2.62 bits per heavy atom. The summed E-state index contributed by atoms with van der Waals surface area (Å²) in [5, 5.41) is 1.20. The molecule has 0 unspecified atom stereocenters. The fourth-order valence-electron chi connectivity index (χ4n) is 2.04. The van der Waals surface area contributed by atoms with Crippen molar-refractivity contribution in [3.05, 3.63) is 35.5 Å². The Kier molecular flexibility index (Phi) is 2.82. The second kappa shape index (κ2) is 4.12. The Morgan fingerprint density at radius 1 is 1.25 bits per heavy atom. The van der Waals surface area contributed by atoms with Gasteiger partial charge < -0.3 is 4.74 Å². The van der Waals surface area contributed by atoms with Crippen LogP contribution in [0.3, 0.4) is 0 Å². The second-order valence-electron chi connectivity index (χ2n) is 4.40. The summed E-state index contributed by atoms with van der Waals surface area (Å²) in [6.45, 7) is 6.47. The maximum atomic E-state index is 5.31. The number of ether oxygens (including phenoxy) is 1. The summed E-state index contributed by atoms with van der Waals surface area (Å²) in [4.78, 5) is 4.44. The van der Waals surface area contributed by atoms with Gasteiger partial charge in [0.05, 0.1) is 12.6 Å². The third-order valence-electron chi connectivity index (χ3n) is 2.90. The van der Waals surface area contributed by atoms with Gasteiger partial charge >= 0.3 is 0 Å². The molecule has 2 aromatic rings. The van der Waals surface area contributed by atoms with Gasteiger partial charge in [0, 0.05) is 11.6 Å². The van der Waals surface area contributed by atoms with E-state index in [9.17, 15) is 0 Å². The molecular weight excluding hydrogens is 198 g/mol. The Morgan fingerprint density at radius 2 is 2.00 bits per heavy atom. The first-order valence-corrected chi connectivity index (χ1v) is 5.56. The number of hydrogen-bond donors (Lipinski definition) is 0. The van der Waals surface area contributed by atoms with Crippen molar-refractivity contribution in [2.24, 2.45) is 0 Å². The average Bonchev–Trinajstić information content (AvgIpc) is 2.28. The molecule has 2 nitrogen and oxygen atoms in total. The van der Waals surface area contributed by atoms with E-state index in [0.29, 0.717) is 5.92 Å². The number of aryl methyl sites for hydroxylation is 1. The molecule has 84 valence electrons. The maximum Gasteiger partial charge on any atom is 0.119 e. The van der Waals surface area contributed by atoms with Crippen LogP contribution in [0.15, 0.2) is 24.4 Å². The van der Waals surface area contributed by atoms with Crippen LogP contribution in [-0.2, 0) is 0 Å². The molecular formula is C14H17NO. The number of nitrogens with zero attached hydrogens (tertiary/aromatic N) is 1. The van der Waals surface area contributed by atoms with Crippen molar-refractivity contribution in [1.82, 2.24) is 4.98 Å². The van der Waals surface area contributed by atoms with Gasteiger partial charge in [0.25, 0.3) is 0 Å². The monoisotopic (exact) mass is 215 g/mol. The van der Waals surface area contributed by atoms with Gasteiger partial charge in [-0.25, -0.2) is 0 Å². The fraction of sp³-hybridized carbons (Fsp3) is 0.357. The molecule has 0 aliphatic rings. The molecule has 2 rings (SSSR count). The number of benzene rings is 1. The number of pyridine rings is 1. The summed E-state index contributed by atoms with van der Waals surface area (Å²) < 4.78 is 5.31. The van der Waals surface area contributed by atoms with E-state index >= 15 is 0 Å². The van der Waals surface area contributed by atoms with Gasteiger partial charge in [0.2, 0.25) is 0 Å². The highest BCUT2D eigenvalue weighted by Gasteiger charge is 2.09. The molecule has 1 aromatic heterocycles. The van der Waals surface area contributed by atoms with Crippen molar-refractivity contribution in [3.8, 4) is 5.75 Å². The number of hydrogen-bond acceptors (Lipinski definition) is 2. The van der Waals surface area contributed by atoms with Gasteiger partial charge in [0.15, 0.2) is 0 Å². The van der Waals surface area contributed by atoms with Gasteiger partial charge in [0.1, 0.15) is 5.75 Å². The van der Waals surface area contributed by atoms with Crippen molar-refractivity contribution in [3.63, 3.8) is 0 Å². The molecule has 16 heavy (non-hydrogen) atoms. The molecule has 0 bridgehead atoms. The second-order valence-corrected chi connectivity index (χ2v) is 4.40. The molecule has 0 atom stereocenters. The van der Waals surface area contributed by atoms with E-state index in [1.807, 2.05) is 12.3 Å². The minimum atomic E-state index is 0.497. The van der Waals surface area contributed by atoms with Gasteiger partial charge in [-0.2, -0.15) is 0 Å². The van der Waals surface area contributed by atoms with Crippen molar-refractivity contribution in [2.75, 3.05) is 7.11 Å². The van der Waals surface area contributed by atoms with Crippen LogP contribution in [0.4, 0.5) is 0 Å². The predicted octanol–water partition coefficient (Wildman–Crippen LogP) is 3.68. The van der Waals surface area contributed by atoms with Crippen LogP contribution in [0.25, 0.3) is 10.9 Å². The molecule has 0 saturated carbocycles. The Balaban J connectivity index is 2.79. The summed E-state index contributed by atoms with van der Waals surface area (Å²) in [5.41, 5.74) is 3.57. The van der Waals surface area contributed by atoms with Gasteiger partial charge in [-0.1, -0.05) is 13.8 Å². The quantitative estimate of drug-likeness (QED) is 0.762. The lowest BCUT2D eigenvalue weighted by Gasteiger charge is -2.12. The minimum absolute atomic E-state index is 0.497. The molecule has 0 radical (unpaired) electrons. The zero-order valence-corrected chi connectivity index (χ0v) is 10.2. The third-order valence-corrected chi connectivity index (χ3v) is 2.90. The largest absolute Gasteiger partial charge is 0.497 e. The van der Waals surface area contributed by atoms with Crippen LogP contribution in [0, 0.1) is 6.92 Å². The van der Waals surface area contributed by atoms with Gasteiger partial charge in [-0.3, -0.25) is 4.98 Å². The van der Waals surface area contributed by atoms with Gasteiger partial charge in [-0.05, 0) is 42.2 Å². The normalized spacial score (nSPS) is 11.1. The summed E-state index contributed by atoms with van der Waals surface area (Å²) in [7, 11) is 1.70. The highest BCUT2D eigenvalue weighted by Crippen LogP contribution is 2.29. The van der Waals surface area contributed by atoms with Crippen LogP contribution in [0.1, 0.15) is 30.9 Å². The van der Waals surface area contributed by atoms with E-state index in [-0.39, 0.29) is 0 Å². The predicted molar refractivity (Wildman–Crippen MR) is 67.1 cm³/mol. The first-order valence-electron chi connectivity index (χ1n) is 5.56. The SMILES string of the molecule is COc1cc(C)c2nccc(C(C)C)c2c1. The van der Waals surface area contributed by atoms with E-state index < -0.39 is 0 Å². The van der Waals surface area contributed by atoms with E-state index in [2.05, 4.69) is 37.9 Å². The zero-order chi connectivity index (χ0) is 11.7. The number of rotatable bonds is 2. The van der Waals surface area contributed by atoms with Crippen LogP contribution in [0.5, 0.6) is 5.75 Å². The highest BCUT2D eigenvalue weighted by molar-refractivity contribution is 5.86. The smallest absolute Gasteiger partial charge is 0.119 e. The lowest BCUT2D eigenvalue weighted by Crippen LogP contribution is -1.94. The molecule has 2 heteroatoms. The highest BCUT2D eigenvalue weighted by atomic mass is 16.5. The Labute approximate surface area is 96.3 Å². The molecule has 1 heterocycles. The summed E-state index contributed by atoms with van der Waals surface area (Å²) in [5.74, 6) is 1.40. The summed E-state index contributed by atoms with van der Waals surface area (Å²) >= 11 is 0. The van der Waals surface area contributed by atoms with Gasteiger partial charge in [-0.15, -0.1) is 0 Å². The van der Waals surface area contributed by atoms with E-state index in [1.54, 1.807) is 7.11 Å². The molecule has 0 aliphatic heterocycles. The fourth-order valence-corrected chi connectivity index (χ4v) is 2.04. The third kappa shape index (κ3) is 1.75. The van der Waals surface area contributed by atoms with Crippen LogP contribution in [-0.4, -0.2) is 12.1 Å². The zero-order valence-electron chi connectivity index (χ0n) is 10.2. The van der Waals surface area contributed by atoms with E-state index in [4.69, 9.17) is 4.74 Å². The van der Waals surface area contributed by atoms with Crippen LogP contribution < -0.4 is 4.74 Å². The topological polar surface area (TPSA) is 22.1 Å². The molecule has 0 spiro atoms. The molecule has 0 saturated heterocycles. The number of aromatic nitrogens is 1. The molecule has 1 aromatic carbocycles. The van der Waals surface area contributed by atoms with Crippen molar-refractivity contribution < 1.29 is 4.74 Å². The van der Waals surface area contributed by atoms with Crippen LogP contribution in [0.2, 0.25) is 0 Å². The molecule has 0 fully saturated rings. The standard InChI is InChI=1S/C14H17NO/c1-9(2)12-5-6-15-14-10(3)7-11(16-4)8-13(12)14/h5-9H,1-4H3. The minimum Gasteiger partial charge on any atom is -0.497 e. The first kappa shape index (κ1) is 10.9. The number of fused-ring (bicyclic) bond motifs is 1. The average molecular weight is 215 g/mol. The van der Waals surface area contributed by atoms with Crippen molar-refractivity contribution in [1.29, 1.82) is 0 Å². The lowest BCUT2D eigenvalue weighted by molar-refractivity contribution is 0.415. The lowest BCUT2D eigenvalue weighted by atomic mass is 9.97. The van der Waals surface area contributed by atoms with E-state index in [0.717, 1.165) is 16.8 Å². The Hall–Kier alpha value is -1.57. The van der Waals surface area contributed by atoms with E-state index in [1.165, 1.54) is 10.9 Å². The first-order chi connectivity index (χ1) is 7.63. The number of methoxy groups -OCH3 is 1. The molecule has 0 N–H and O–H groups in total. The maximum absolute atomic E-state index is 5.31. The molecule has 0 aliphatic carbocycles. The summed E-state index contributed by atoms with van der Waals surface area (Å²) in [6.07, 6.45) is 1.89.